The van der Waals surface area contributed by atoms with Gasteiger partial charge in [0.2, 0.25) is 0 Å². The fourth-order valence-electron chi connectivity index (χ4n) is 2.52. The number of pyridine rings is 1. The monoisotopic (exact) mass is 346 g/mol. The highest BCUT2D eigenvalue weighted by atomic mass is 35.5. The Balaban J connectivity index is 1.79. The molecule has 8 heteroatoms. The Kier molecular flexibility index (Phi) is 4.92. The van der Waals surface area contributed by atoms with Crippen LogP contribution >= 0.6 is 11.6 Å². The number of hydrogen-bond donors (Lipinski definition) is 1. The lowest BCUT2D eigenvalue weighted by Crippen LogP contribution is -2.46. The second kappa shape index (κ2) is 7.11. The van der Waals surface area contributed by atoms with Crippen LogP contribution in [0.1, 0.15) is 10.4 Å². The Morgan fingerprint density at radius 1 is 1.17 bits per heavy atom. The number of amides is 1. The lowest BCUT2D eigenvalue weighted by molar-refractivity contribution is 0.0735. The van der Waals surface area contributed by atoms with E-state index < -0.39 is 0 Å². The van der Waals surface area contributed by atoms with E-state index in [0.29, 0.717) is 40.9 Å². The smallest absolute Gasteiger partial charge is 0.257 e. The molecule has 0 spiro atoms. The van der Waals surface area contributed by atoms with E-state index in [1.165, 1.54) is 0 Å². The third kappa shape index (κ3) is 3.47. The van der Waals surface area contributed by atoms with Crippen molar-refractivity contribution in [1.29, 1.82) is 0 Å². The molecule has 0 atom stereocenters. The van der Waals surface area contributed by atoms with E-state index in [1.807, 2.05) is 19.0 Å². The molecule has 126 valence electrons. The highest BCUT2D eigenvalue weighted by Crippen LogP contribution is 2.26. The predicted molar refractivity (Wildman–Crippen MR) is 93.4 cm³/mol. The second-order valence-electron chi connectivity index (χ2n) is 5.76. The summed E-state index contributed by atoms with van der Waals surface area (Å²) in [5.41, 5.74) is 1.20. The Hall–Kier alpha value is -2.25. The van der Waals surface area contributed by atoms with Crippen LogP contribution in [0.15, 0.2) is 24.7 Å². The van der Waals surface area contributed by atoms with Gasteiger partial charge in [0.25, 0.3) is 5.91 Å². The van der Waals surface area contributed by atoms with Gasteiger partial charge in [0.15, 0.2) is 5.82 Å². The maximum atomic E-state index is 12.4. The molecule has 0 aromatic carbocycles. The minimum Gasteiger partial charge on any atom is -0.362 e. The average molecular weight is 347 g/mol. The van der Waals surface area contributed by atoms with Gasteiger partial charge in [0.1, 0.15) is 5.82 Å². The third-order valence-corrected chi connectivity index (χ3v) is 4.08. The molecule has 0 saturated carbocycles. The largest absolute Gasteiger partial charge is 0.362 e. The number of rotatable bonds is 3. The van der Waals surface area contributed by atoms with Crippen molar-refractivity contribution in [2.75, 3.05) is 45.2 Å². The first-order valence-electron chi connectivity index (χ1n) is 7.71. The summed E-state index contributed by atoms with van der Waals surface area (Å²) in [4.78, 5) is 28.9. The van der Waals surface area contributed by atoms with E-state index in [2.05, 4.69) is 20.3 Å². The van der Waals surface area contributed by atoms with Gasteiger partial charge < -0.3 is 15.1 Å². The topological polar surface area (TPSA) is 74.2 Å². The van der Waals surface area contributed by atoms with Crippen LogP contribution in [0.3, 0.4) is 0 Å². The predicted octanol–water partition coefficient (Wildman–Crippen LogP) is 1.30. The average Bonchev–Trinajstić information content (AvgIpc) is 2.61. The molecule has 1 aliphatic heterocycles. The Bertz CT molecular complexity index is 728. The van der Waals surface area contributed by atoms with Crippen molar-refractivity contribution < 1.29 is 4.79 Å². The van der Waals surface area contributed by atoms with Crippen LogP contribution in [-0.4, -0.2) is 66.0 Å². The Labute approximate surface area is 145 Å². The van der Waals surface area contributed by atoms with Gasteiger partial charge in [-0.2, -0.15) is 0 Å². The van der Waals surface area contributed by atoms with Gasteiger partial charge in [-0.1, -0.05) is 11.6 Å². The number of hydrogen-bond acceptors (Lipinski definition) is 6. The first kappa shape index (κ1) is 16.6. The van der Waals surface area contributed by atoms with Crippen molar-refractivity contribution >= 4 is 23.3 Å². The van der Waals surface area contributed by atoms with Crippen LogP contribution in [0.25, 0.3) is 11.4 Å². The molecule has 0 bridgehead atoms. The zero-order chi connectivity index (χ0) is 17.1. The number of aromatic nitrogens is 3. The first-order chi connectivity index (χ1) is 11.6. The summed E-state index contributed by atoms with van der Waals surface area (Å²) >= 11 is 6.23. The molecular weight excluding hydrogens is 328 g/mol. The molecule has 1 amide bonds. The van der Waals surface area contributed by atoms with Crippen LogP contribution in [0.4, 0.5) is 5.82 Å². The van der Waals surface area contributed by atoms with Crippen molar-refractivity contribution in [2.45, 2.75) is 0 Å². The quantitative estimate of drug-likeness (QED) is 0.903. The highest BCUT2D eigenvalue weighted by Gasteiger charge is 2.19. The van der Waals surface area contributed by atoms with E-state index in [1.54, 1.807) is 29.6 Å². The molecule has 0 aliphatic carbocycles. The standard InChI is InChI=1S/C16H19ClN6O/c1-22(2)15-13(17)7-11(8-21-15)14-19-9-12(10-20-14)16(24)23-5-3-18-4-6-23/h7-10,18H,3-6H2,1-2H3. The van der Waals surface area contributed by atoms with E-state index >= 15 is 0 Å². The summed E-state index contributed by atoms with van der Waals surface area (Å²) in [7, 11) is 3.75. The maximum Gasteiger partial charge on any atom is 0.257 e. The SMILES string of the molecule is CN(C)c1ncc(-c2ncc(C(=O)N3CCNCC3)cn2)cc1Cl. The number of piperazine rings is 1. The number of halogens is 1. The van der Waals surface area contributed by atoms with Crippen molar-refractivity contribution in [2.24, 2.45) is 0 Å². The lowest BCUT2D eigenvalue weighted by Gasteiger charge is -2.27. The summed E-state index contributed by atoms with van der Waals surface area (Å²) < 4.78 is 0. The second-order valence-corrected chi connectivity index (χ2v) is 6.17. The molecule has 1 fully saturated rings. The first-order valence-corrected chi connectivity index (χ1v) is 8.09. The molecule has 1 saturated heterocycles. The van der Waals surface area contributed by atoms with Crippen LogP contribution in [0.5, 0.6) is 0 Å². The van der Waals surface area contributed by atoms with Gasteiger partial charge in [-0.3, -0.25) is 4.79 Å². The third-order valence-electron chi connectivity index (χ3n) is 3.81. The molecule has 2 aromatic rings. The Morgan fingerprint density at radius 2 is 1.83 bits per heavy atom. The minimum atomic E-state index is -0.0397. The molecule has 1 N–H and O–H groups in total. The molecule has 1 aliphatic rings. The van der Waals surface area contributed by atoms with Gasteiger partial charge in [0, 0.05) is 64.4 Å². The highest BCUT2D eigenvalue weighted by molar-refractivity contribution is 6.33. The zero-order valence-electron chi connectivity index (χ0n) is 13.7. The number of nitrogens with zero attached hydrogens (tertiary/aromatic N) is 5. The fourth-order valence-corrected chi connectivity index (χ4v) is 2.86. The summed E-state index contributed by atoms with van der Waals surface area (Å²) in [5.74, 6) is 1.14. The zero-order valence-corrected chi connectivity index (χ0v) is 14.4. The van der Waals surface area contributed by atoms with Crippen LogP contribution < -0.4 is 10.2 Å². The van der Waals surface area contributed by atoms with Gasteiger partial charge in [-0.25, -0.2) is 15.0 Å². The van der Waals surface area contributed by atoms with Crippen molar-refractivity contribution in [3.8, 4) is 11.4 Å². The molecule has 0 radical (unpaired) electrons. The number of carbonyl (C=O) groups is 1. The molecule has 24 heavy (non-hydrogen) atoms. The number of anilines is 1. The summed E-state index contributed by atoms with van der Waals surface area (Å²) in [5, 5.41) is 3.75. The van der Waals surface area contributed by atoms with Gasteiger partial charge in [-0.15, -0.1) is 0 Å². The molecular formula is C16H19ClN6O. The van der Waals surface area contributed by atoms with E-state index in [-0.39, 0.29) is 5.91 Å². The maximum absolute atomic E-state index is 12.4. The van der Waals surface area contributed by atoms with Gasteiger partial charge in [0.05, 0.1) is 10.6 Å². The number of carbonyl (C=O) groups excluding carboxylic acids is 1. The molecule has 7 nitrogen and oxygen atoms in total. The van der Waals surface area contributed by atoms with Crippen molar-refractivity contribution in [1.82, 2.24) is 25.2 Å². The summed E-state index contributed by atoms with van der Waals surface area (Å²) in [6, 6.07) is 1.77. The van der Waals surface area contributed by atoms with Crippen molar-refractivity contribution in [3.63, 3.8) is 0 Å². The van der Waals surface area contributed by atoms with E-state index in [9.17, 15) is 4.79 Å². The fraction of sp³-hybridized carbons (Fsp3) is 0.375. The minimum absolute atomic E-state index is 0.0397. The summed E-state index contributed by atoms with van der Waals surface area (Å²) in [6.07, 6.45) is 4.79. The van der Waals surface area contributed by atoms with Crippen LogP contribution in [0.2, 0.25) is 5.02 Å². The van der Waals surface area contributed by atoms with Gasteiger partial charge >= 0.3 is 0 Å². The van der Waals surface area contributed by atoms with Crippen molar-refractivity contribution in [3.05, 3.63) is 35.2 Å². The number of nitrogens with one attached hydrogen (secondary N) is 1. The summed E-state index contributed by atoms with van der Waals surface area (Å²) in [6.45, 7) is 3.03. The molecule has 3 heterocycles. The van der Waals surface area contributed by atoms with E-state index in [0.717, 1.165) is 13.1 Å². The van der Waals surface area contributed by atoms with Crippen LogP contribution in [0, 0.1) is 0 Å². The molecule has 2 aromatic heterocycles. The normalized spacial score (nSPS) is 14.5. The lowest BCUT2D eigenvalue weighted by atomic mass is 10.2. The van der Waals surface area contributed by atoms with Crippen LogP contribution in [-0.2, 0) is 0 Å². The Morgan fingerprint density at radius 3 is 2.42 bits per heavy atom. The molecule has 3 rings (SSSR count). The molecule has 0 unspecified atom stereocenters. The van der Waals surface area contributed by atoms with E-state index in [4.69, 9.17) is 11.6 Å². The van der Waals surface area contributed by atoms with Gasteiger partial charge in [-0.05, 0) is 6.07 Å².